The first kappa shape index (κ1) is 12.4. The van der Waals surface area contributed by atoms with E-state index in [1.165, 1.54) is 9.13 Å². The molecule has 17 heavy (non-hydrogen) atoms. The first-order valence-electron chi connectivity index (χ1n) is 5.55. The van der Waals surface area contributed by atoms with E-state index in [2.05, 4.69) is 69.1 Å². The zero-order valence-corrected chi connectivity index (χ0v) is 11.8. The van der Waals surface area contributed by atoms with Gasteiger partial charge in [0.05, 0.1) is 6.04 Å². The fourth-order valence-corrected chi connectivity index (χ4v) is 2.11. The quantitative estimate of drug-likeness (QED) is 0.871. The highest BCUT2D eigenvalue weighted by Gasteiger charge is 2.12. The number of benzene rings is 1. The summed E-state index contributed by atoms with van der Waals surface area (Å²) in [7, 11) is 0. The maximum Gasteiger partial charge on any atom is 0.115 e. The monoisotopic (exact) mass is 339 g/mol. The molecular weight excluding hydrogens is 325 g/mol. The Bertz CT molecular complexity index is 456. The number of rotatable bonds is 4. The van der Waals surface area contributed by atoms with Crippen LogP contribution in [0.3, 0.4) is 0 Å². The highest BCUT2D eigenvalue weighted by atomic mass is 127. The van der Waals surface area contributed by atoms with Crippen LogP contribution in [0.5, 0.6) is 0 Å². The molecule has 3 nitrogen and oxygen atoms in total. The van der Waals surface area contributed by atoms with Crippen LogP contribution in [0.25, 0.3) is 0 Å². The van der Waals surface area contributed by atoms with Crippen molar-refractivity contribution < 1.29 is 0 Å². The third-order valence-electron chi connectivity index (χ3n) is 2.53. The van der Waals surface area contributed by atoms with E-state index in [0.717, 1.165) is 12.1 Å². The molecule has 0 aliphatic heterocycles. The van der Waals surface area contributed by atoms with E-state index in [1.807, 2.05) is 12.4 Å². The number of hydrogen-bond acceptors (Lipinski definition) is 3. The van der Waals surface area contributed by atoms with E-state index in [1.54, 1.807) is 6.33 Å². The summed E-state index contributed by atoms with van der Waals surface area (Å²) in [4.78, 5) is 8.16. The van der Waals surface area contributed by atoms with Crippen LogP contribution in [0.2, 0.25) is 0 Å². The maximum absolute atomic E-state index is 4.08. The van der Waals surface area contributed by atoms with E-state index in [4.69, 9.17) is 0 Å². The number of hydrogen-bond donors (Lipinski definition) is 1. The van der Waals surface area contributed by atoms with E-state index in [-0.39, 0.29) is 6.04 Å². The molecule has 0 bridgehead atoms. The van der Waals surface area contributed by atoms with Gasteiger partial charge in [-0.2, -0.15) is 0 Å². The molecule has 0 aliphatic carbocycles. The van der Waals surface area contributed by atoms with E-state index < -0.39 is 0 Å². The van der Waals surface area contributed by atoms with Crippen LogP contribution in [-0.4, -0.2) is 16.5 Å². The van der Waals surface area contributed by atoms with Crippen molar-refractivity contribution in [2.24, 2.45) is 0 Å². The number of nitrogens with one attached hydrogen (secondary N) is 1. The van der Waals surface area contributed by atoms with E-state index >= 15 is 0 Å². The minimum atomic E-state index is 0.165. The largest absolute Gasteiger partial charge is 0.306 e. The molecule has 88 valence electrons. The van der Waals surface area contributed by atoms with Crippen molar-refractivity contribution in [2.75, 3.05) is 6.54 Å². The van der Waals surface area contributed by atoms with Crippen LogP contribution in [0.4, 0.5) is 0 Å². The molecule has 1 N–H and O–H groups in total. The zero-order valence-electron chi connectivity index (χ0n) is 9.60. The predicted molar refractivity (Wildman–Crippen MR) is 76.7 cm³/mol. The second kappa shape index (κ2) is 6.07. The summed E-state index contributed by atoms with van der Waals surface area (Å²) in [5.74, 6) is 0. The summed E-state index contributed by atoms with van der Waals surface area (Å²) >= 11 is 2.31. The average Bonchev–Trinajstić information content (AvgIpc) is 2.38. The fraction of sp³-hybridized carbons (Fsp3) is 0.231. The van der Waals surface area contributed by atoms with E-state index in [9.17, 15) is 0 Å². The Balaban J connectivity index is 2.32. The van der Waals surface area contributed by atoms with Gasteiger partial charge in [-0.05, 0) is 46.8 Å². The molecule has 4 heteroatoms. The van der Waals surface area contributed by atoms with Crippen LogP contribution in [-0.2, 0) is 0 Å². The third kappa shape index (κ3) is 3.23. The summed E-state index contributed by atoms with van der Waals surface area (Å²) < 4.78 is 1.24. The Hall–Kier alpha value is -1.01. The SMILES string of the molecule is CCNC(c1ccc(I)cc1)c1cncnc1. The maximum atomic E-state index is 4.08. The molecule has 0 saturated carbocycles. The highest BCUT2D eigenvalue weighted by Crippen LogP contribution is 2.21. The lowest BCUT2D eigenvalue weighted by Gasteiger charge is -2.18. The Morgan fingerprint density at radius 2 is 1.76 bits per heavy atom. The van der Waals surface area contributed by atoms with Gasteiger partial charge in [0.15, 0.2) is 0 Å². The molecule has 1 aromatic heterocycles. The van der Waals surface area contributed by atoms with Crippen LogP contribution < -0.4 is 5.32 Å². The van der Waals surface area contributed by atoms with Gasteiger partial charge in [0.25, 0.3) is 0 Å². The summed E-state index contributed by atoms with van der Waals surface area (Å²) in [6.07, 6.45) is 5.27. The summed E-state index contributed by atoms with van der Waals surface area (Å²) in [6.45, 7) is 3.01. The van der Waals surface area contributed by atoms with Gasteiger partial charge >= 0.3 is 0 Å². The van der Waals surface area contributed by atoms with Gasteiger partial charge in [-0.25, -0.2) is 9.97 Å². The molecule has 0 aliphatic rings. The first-order chi connectivity index (χ1) is 8.31. The predicted octanol–water partition coefficient (Wildman–Crippen LogP) is 2.78. The van der Waals surface area contributed by atoms with Crippen molar-refractivity contribution in [3.8, 4) is 0 Å². The number of aromatic nitrogens is 2. The number of halogens is 1. The molecule has 1 aromatic carbocycles. The molecule has 0 saturated heterocycles. The van der Waals surface area contributed by atoms with Gasteiger partial charge in [0, 0.05) is 21.5 Å². The molecule has 1 heterocycles. The lowest BCUT2D eigenvalue weighted by molar-refractivity contribution is 0.626. The average molecular weight is 339 g/mol. The zero-order chi connectivity index (χ0) is 12.1. The molecule has 0 amide bonds. The summed E-state index contributed by atoms with van der Waals surface area (Å²) in [5, 5.41) is 3.45. The summed E-state index contributed by atoms with van der Waals surface area (Å²) in [6, 6.07) is 8.68. The molecule has 1 unspecified atom stereocenters. The van der Waals surface area contributed by atoms with Crippen molar-refractivity contribution in [1.82, 2.24) is 15.3 Å². The molecule has 0 fully saturated rings. The normalized spacial score (nSPS) is 12.4. The highest BCUT2D eigenvalue weighted by molar-refractivity contribution is 14.1. The Kier molecular flexibility index (Phi) is 4.44. The molecule has 2 rings (SSSR count). The lowest BCUT2D eigenvalue weighted by atomic mass is 10.0. The summed E-state index contributed by atoms with van der Waals surface area (Å²) in [5.41, 5.74) is 2.33. The third-order valence-corrected chi connectivity index (χ3v) is 3.24. The van der Waals surface area contributed by atoms with Gasteiger partial charge in [-0.3, -0.25) is 0 Å². The van der Waals surface area contributed by atoms with Gasteiger partial charge in [-0.15, -0.1) is 0 Å². The van der Waals surface area contributed by atoms with Gasteiger partial charge in [0.2, 0.25) is 0 Å². The van der Waals surface area contributed by atoms with Crippen LogP contribution >= 0.6 is 22.6 Å². The van der Waals surface area contributed by atoms with Crippen LogP contribution in [0.15, 0.2) is 43.0 Å². The standard InChI is InChI=1S/C13H14IN3/c1-2-17-13(11-7-15-9-16-8-11)10-3-5-12(14)6-4-10/h3-9,13,17H,2H2,1H3. The van der Waals surface area contributed by atoms with Crippen molar-refractivity contribution in [2.45, 2.75) is 13.0 Å². The van der Waals surface area contributed by atoms with Gasteiger partial charge < -0.3 is 5.32 Å². The molecular formula is C13H14IN3. The molecule has 0 radical (unpaired) electrons. The Morgan fingerprint density at radius 1 is 1.12 bits per heavy atom. The van der Waals surface area contributed by atoms with E-state index in [0.29, 0.717) is 0 Å². The smallest absolute Gasteiger partial charge is 0.115 e. The molecule has 2 aromatic rings. The lowest BCUT2D eigenvalue weighted by Crippen LogP contribution is -2.22. The minimum absolute atomic E-state index is 0.165. The molecule has 0 spiro atoms. The first-order valence-corrected chi connectivity index (χ1v) is 6.63. The van der Waals surface area contributed by atoms with Crippen molar-refractivity contribution in [3.05, 3.63) is 57.7 Å². The van der Waals surface area contributed by atoms with Gasteiger partial charge in [-0.1, -0.05) is 19.1 Å². The second-order valence-corrected chi connectivity index (χ2v) is 4.96. The Labute approximate surface area is 115 Å². The van der Waals surface area contributed by atoms with Crippen molar-refractivity contribution >= 4 is 22.6 Å². The van der Waals surface area contributed by atoms with Crippen LogP contribution in [0, 0.1) is 3.57 Å². The fourth-order valence-electron chi connectivity index (χ4n) is 1.75. The van der Waals surface area contributed by atoms with Crippen molar-refractivity contribution in [3.63, 3.8) is 0 Å². The minimum Gasteiger partial charge on any atom is -0.306 e. The Morgan fingerprint density at radius 3 is 2.35 bits per heavy atom. The van der Waals surface area contributed by atoms with Crippen molar-refractivity contribution in [1.29, 1.82) is 0 Å². The second-order valence-electron chi connectivity index (χ2n) is 3.71. The number of nitrogens with zero attached hydrogens (tertiary/aromatic N) is 2. The topological polar surface area (TPSA) is 37.8 Å². The van der Waals surface area contributed by atoms with Crippen LogP contribution in [0.1, 0.15) is 24.1 Å². The molecule has 1 atom stereocenters. The van der Waals surface area contributed by atoms with Gasteiger partial charge in [0.1, 0.15) is 6.33 Å².